The highest BCUT2D eigenvalue weighted by molar-refractivity contribution is 5.44. The van der Waals surface area contributed by atoms with E-state index in [1.165, 1.54) is 11.4 Å². The first kappa shape index (κ1) is 14.6. The van der Waals surface area contributed by atoms with Crippen LogP contribution in [0.2, 0.25) is 0 Å². The number of para-hydroxylation sites is 1. The minimum Gasteiger partial charge on any atom is -0.375 e. The van der Waals surface area contributed by atoms with Gasteiger partial charge >= 0.3 is 0 Å². The Morgan fingerprint density at radius 3 is 2.75 bits per heavy atom. The minimum atomic E-state index is 0.892. The molecule has 0 radical (unpaired) electrons. The number of aryl methyl sites for hydroxylation is 1. The number of hydrogen-bond acceptors (Lipinski definition) is 3. The first-order chi connectivity index (χ1) is 9.81. The Labute approximate surface area is 121 Å². The summed E-state index contributed by atoms with van der Waals surface area (Å²) in [4.78, 5) is 2.29. The van der Waals surface area contributed by atoms with Gasteiger partial charge in [0, 0.05) is 38.6 Å². The Bertz CT molecular complexity index is 492. The van der Waals surface area contributed by atoms with Crippen LogP contribution in [0.25, 0.3) is 0 Å². The van der Waals surface area contributed by atoms with Crippen molar-refractivity contribution in [1.82, 2.24) is 15.1 Å². The standard InChI is InChI=1S/C16H24N4/c1-3-20-16(10-12-18-20)14-17-11-7-13-19(2)15-8-5-4-6-9-15/h4-6,8-10,12,17H,3,7,11,13-14H2,1-2H3. The Morgan fingerprint density at radius 2 is 2.00 bits per heavy atom. The number of nitrogens with zero attached hydrogens (tertiary/aromatic N) is 3. The van der Waals surface area contributed by atoms with Crippen molar-refractivity contribution in [2.24, 2.45) is 0 Å². The van der Waals surface area contributed by atoms with Gasteiger partial charge in [0.1, 0.15) is 0 Å². The summed E-state index contributed by atoms with van der Waals surface area (Å²) in [5.74, 6) is 0. The second-order valence-electron chi connectivity index (χ2n) is 4.93. The molecule has 4 heteroatoms. The quantitative estimate of drug-likeness (QED) is 0.750. The van der Waals surface area contributed by atoms with Crippen molar-refractivity contribution in [2.75, 3.05) is 25.0 Å². The van der Waals surface area contributed by atoms with E-state index in [-0.39, 0.29) is 0 Å². The molecule has 108 valence electrons. The van der Waals surface area contributed by atoms with Gasteiger partial charge in [-0.2, -0.15) is 5.10 Å². The van der Waals surface area contributed by atoms with Crippen LogP contribution >= 0.6 is 0 Å². The minimum absolute atomic E-state index is 0.892. The van der Waals surface area contributed by atoms with Crippen LogP contribution in [0.4, 0.5) is 5.69 Å². The van der Waals surface area contributed by atoms with E-state index in [0.717, 1.165) is 32.6 Å². The fourth-order valence-electron chi connectivity index (χ4n) is 2.26. The molecule has 0 aliphatic carbocycles. The normalized spacial score (nSPS) is 10.7. The molecular formula is C16H24N4. The molecule has 1 aromatic carbocycles. The second-order valence-corrected chi connectivity index (χ2v) is 4.93. The Morgan fingerprint density at radius 1 is 1.20 bits per heavy atom. The van der Waals surface area contributed by atoms with Gasteiger partial charge in [0.05, 0.1) is 5.69 Å². The zero-order valence-corrected chi connectivity index (χ0v) is 12.4. The largest absolute Gasteiger partial charge is 0.375 e. The van der Waals surface area contributed by atoms with E-state index in [0.29, 0.717) is 0 Å². The van der Waals surface area contributed by atoms with Crippen molar-refractivity contribution in [2.45, 2.75) is 26.4 Å². The van der Waals surface area contributed by atoms with Gasteiger partial charge in [-0.05, 0) is 38.1 Å². The third kappa shape index (κ3) is 4.10. The van der Waals surface area contributed by atoms with Crippen molar-refractivity contribution in [3.8, 4) is 0 Å². The summed E-state index contributed by atoms with van der Waals surface area (Å²) in [7, 11) is 2.14. The third-order valence-electron chi connectivity index (χ3n) is 3.45. The Balaban J connectivity index is 1.65. The molecule has 0 atom stereocenters. The number of anilines is 1. The smallest absolute Gasteiger partial charge is 0.0521 e. The van der Waals surface area contributed by atoms with Crippen LogP contribution < -0.4 is 10.2 Å². The molecule has 0 spiro atoms. The van der Waals surface area contributed by atoms with Crippen molar-refractivity contribution in [3.63, 3.8) is 0 Å². The monoisotopic (exact) mass is 272 g/mol. The van der Waals surface area contributed by atoms with Crippen molar-refractivity contribution < 1.29 is 0 Å². The lowest BCUT2D eigenvalue weighted by Crippen LogP contribution is -2.24. The topological polar surface area (TPSA) is 33.1 Å². The molecule has 1 aromatic heterocycles. The number of aromatic nitrogens is 2. The Hall–Kier alpha value is -1.81. The molecule has 0 aliphatic rings. The maximum Gasteiger partial charge on any atom is 0.0521 e. The van der Waals surface area contributed by atoms with Crippen LogP contribution in [0.1, 0.15) is 19.0 Å². The highest BCUT2D eigenvalue weighted by Crippen LogP contribution is 2.10. The van der Waals surface area contributed by atoms with Gasteiger partial charge in [0.15, 0.2) is 0 Å². The molecule has 2 rings (SSSR count). The van der Waals surface area contributed by atoms with E-state index in [1.54, 1.807) is 0 Å². The highest BCUT2D eigenvalue weighted by Gasteiger charge is 2.01. The summed E-state index contributed by atoms with van der Waals surface area (Å²) in [5.41, 5.74) is 2.53. The van der Waals surface area contributed by atoms with Crippen molar-refractivity contribution in [3.05, 3.63) is 48.3 Å². The second kappa shape index (κ2) is 7.70. The average Bonchev–Trinajstić information content (AvgIpc) is 2.95. The number of hydrogen-bond donors (Lipinski definition) is 1. The average molecular weight is 272 g/mol. The number of nitrogens with one attached hydrogen (secondary N) is 1. The molecule has 4 nitrogen and oxygen atoms in total. The van der Waals surface area contributed by atoms with Crippen LogP contribution in [0.15, 0.2) is 42.6 Å². The first-order valence-electron chi connectivity index (χ1n) is 7.29. The lowest BCUT2D eigenvalue weighted by atomic mass is 10.3. The summed E-state index contributed by atoms with van der Waals surface area (Å²) >= 11 is 0. The summed E-state index contributed by atoms with van der Waals surface area (Å²) in [6, 6.07) is 12.6. The lowest BCUT2D eigenvalue weighted by molar-refractivity contribution is 0.573. The van der Waals surface area contributed by atoms with Gasteiger partial charge in [-0.25, -0.2) is 0 Å². The molecule has 0 bridgehead atoms. The van der Waals surface area contributed by atoms with E-state index in [4.69, 9.17) is 0 Å². The van der Waals surface area contributed by atoms with E-state index in [9.17, 15) is 0 Å². The molecule has 0 saturated heterocycles. The van der Waals surface area contributed by atoms with E-state index >= 15 is 0 Å². The van der Waals surface area contributed by atoms with Crippen LogP contribution in [0.3, 0.4) is 0 Å². The molecular weight excluding hydrogens is 248 g/mol. The molecule has 2 aromatic rings. The molecule has 1 heterocycles. The van der Waals surface area contributed by atoms with Gasteiger partial charge in [0.25, 0.3) is 0 Å². The summed E-state index contributed by atoms with van der Waals surface area (Å²) in [5, 5.41) is 7.75. The van der Waals surface area contributed by atoms with Crippen LogP contribution in [0.5, 0.6) is 0 Å². The fraction of sp³-hybridized carbons (Fsp3) is 0.438. The molecule has 0 saturated carbocycles. The van der Waals surface area contributed by atoms with E-state index < -0.39 is 0 Å². The maximum absolute atomic E-state index is 4.27. The summed E-state index contributed by atoms with van der Waals surface area (Å²) in [6.07, 6.45) is 3.00. The Kier molecular flexibility index (Phi) is 5.62. The molecule has 0 aliphatic heterocycles. The molecule has 20 heavy (non-hydrogen) atoms. The molecule has 0 amide bonds. The van der Waals surface area contributed by atoms with Gasteiger partial charge in [-0.15, -0.1) is 0 Å². The molecule has 1 N–H and O–H groups in total. The van der Waals surface area contributed by atoms with Gasteiger partial charge < -0.3 is 10.2 Å². The van der Waals surface area contributed by atoms with E-state index in [2.05, 4.69) is 65.7 Å². The third-order valence-corrected chi connectivity index (χ3v) is 3.45. The highest BCUT2D eigenvalue weighted by atomic mass is 15.3. The first-order valence-corrected chi connectivity index (χ1v) is 7.29. The maximum atomic E-state index is 4.27. The number of rotatable bonds is 8. The van der Waals surface area contributed by atoms with Crippen LogP contribution in [0, 0.1) is 0 Å². The lowest BCUT2D eigenvalue weighted by Gasteiger charge is -2.19. The van der Waals surface area contributed by atoms with Crippen molar-refractivity contribution >= 4 is 5.69 Å². The zero-order valence-electron chi connectivity index (χ0n) is 12.4. The van der Waals surface area contributed by atoms with Crippen LogP contribution in [-0.4, -0.2) is 29.9 Å². The predicted octanol–water partition coefficient (Wildman–Crippen LogP) is 2.52. The van der Waals surface area contributed by atoms with Gasteiger partial charge in [-0.3, -0.25) is 4.68 Å². The SMILES string of the molecule is CCn1nccc1CNCCCN(C)c1ccccc1. The molecule has 0 unspecified atom stereocenters. The van der Waals surface area contributed by atoms with Crippen molar-refractivity contribution in [1.29, 1.82) is 0 Å². The summed E-state index contributed by atoms with van der Waals surface area (Å²) in [6.45, 7) is 6.02. The van der Waals surface area contributed by atoms with Gasteiger partial charge in [0.2, 0.25) is 0 Å². The predicted molar refractivity (Wildman–Crippen MR) is 83.9 cm³/mol. The number of benzene rings is 1. The molecule has 0 fully saturated rings. The zero-order chi connectivity index (χ0) is 14.2. The fourth-order valence-corrected chi connectivity index (χ4v) is 2.26. The van der Waals surface area contributed by atoms with E-state index in [1.807, 2.05) is 10.9 Å². The summed E-state index contributed by atoms with van der Waals surface area (Å²) < 4.78 is 2.03. The van der Waals surface area contributed by atoms with Gasteiger partial charge in [-0.1, -0.05) is 18.2 Å². The van der Waals surface area contributed by atoms with Crippen LogP contribution in [-0.2, 0) is 13.1 Å².